The number of benzene rings is 1. The summed E-state index contributed by atoms with van der Waals surface area (Å²) in [7, 11) is 1.44. The molecular formula is C21H32N2O3. The Balaban J connectivity index is 1.94. The standard InChI is InChI=1S/C21H32N2O3/c1-4-22(5-2)17-11-9-16(10-12-17)19-18-8-6-7-13-21(18,25)14-15-23(19)20(24)26-3/h9-12,18-19,25H,4-8,13-15H2,1-3H3/t18-,19-,21+/m1/s1. The zero-order chi connectivity index (χ0) is 18.7. The maximum Gasteiger partial charge on any atom is 0.410 e. The first-order valence-corrected chi connectivity index (χ1v) is 9.96. The number of amides is 1. The maximum atomic E-state index is 12.4. The van der Waals surface area contributed by atoms with Gasteiger partial charge in [-0.2, -0.15) is 0 Å². The van der Waals surface area contributed by atoms with E-state index in [4.69, 9.17) is 4.74 Å². The highest BCUT2D eigenvalue weighted by molar-refractivity contribution is 5.68. The number of rotatable bonds is 4. The highest BCUT2D eigenvalue weighted by atomic mass is 16.5. The summed E-state index contributed by atoms with van der Waals surface area (Å²) in [6, 6.07) is 8.39. The van der Waals surface area contributed by atoms with Gasteiger partial charge in [-0.15, -0.1) is 0 Å². The molecule has 2 fully saturated rings. The van der Waals surface area contributed by atoms with Crippen LogP contribution in [0.5, 0.6) is 0 Å². The van der Waals surface area contributed by atoms with Crippen molar-refractivity contribution in [2.75, 3.05) is 31.6 Å². The normalized spacial score (nSPS) is 28.4. The molecule has 0 spiro atoms. The van der Waals surface area contributed by atoms with Crippen molar-refractivity contribution in [1.29, 1.82) is 0 Å². The number of hydrogen-bond donors (Lipinski definition) is 1. The van der Waals surface area contributed by atoms with Gasteiger partial charge in [-0.1, -0.05) is 25.0 Å². The van der Waals surface area contributed by atoms with Gasteiger partial charge in [-0.3, -0.25) is 0 Å². The molecule has 0 unspecified atom stereocenters. The first-order chi connectivity index (χ1) is 12.5. The van der Waals surface area contributed by atoms with Crippen LogP contribution in [-0.4, -0.2) is 48.4 Å². The van der Waals surface area contributed by atoms with E-state index in [0.29, 0.717) is 13.0 Å². The van der Waals surface area contributed by atoms with Crippen LogP contribution in [0.1, 0.15) is 57.6 Å². The second-order valence-corrected chi connectivity index (χ2v) is 7.58. The number of fused-ring (bicyclic) bond motifs is 1. The SMILES string of the molecule is CCN(CC)c1ccc([C@@H]2[C@H]3CCCC[C@]3(O)CCN2C(=O)OC)cc1. The number of ether oxygens (including phenoxy) is 1. The zero-order valence-corrected chi connectivity index (χ0v) is 16.3. The zero-order valence-electron chi connectivity index (χ0n) is 16.3. The third-order valence-corrected chi connectivity index (χ3v) is 6.34. The van der Waals surface area contributed by atoms with Crippen LogP contribution in [0.4, 0.5) is 10.5 Å². The first kappa shape index (κ1) is 19.0. The fourth-order valence-corrected chi connectivity index (χ4v) is 4.89. The molecule has 1 aromatic rings. The van der Waals surface area contributed by atoms with E-state index in [1.807, 2.05) is 4.90 Å². The lowest BCUT2D eigenvalue weighted by Crippen LogP contribution is -2.56. The molecule has 26 heavy (non-hydrogen) atoms. The van der Waals surface area contributed by atoms with Gasteiger partial charge in [-0.05, 0) is 50.8 Å². The second-order valence-electron chi connectivity index (χ2n) is 7.58. The third kappa shape index (κ3) is 3.41. The Bertz CT molecular complexity index is 614. The van der Waals surface area contributed by atoms with Crippen LogP contribution in [0, 0.1) is 5.92 Å². The van der Waals surface area contributed by atoms with Crippen molar-refractivity contribution in [2.45, 2.75) is 57.6 Å². The lowest BCUT2D eigenvalue weighted by atomic mass is 9.66. The third-order valence-electron chi connectivity index (χ3n) is 6.34. The molecule has 1 amide bonds. The number of aliphatic hydroxyl groups is 1. The molecule has 3 rings (SSSR count). The number of carbonyl (C=O) groups is 1. The number of likely N-dealkylation sites (tertiary alicyclic amines) is 1. The minimum atomic E-state index is -0.662. The molecule has 0 aromatic heterocycles. The Kier molecular flexibility index (Phi) is 5.76. The van der Waals surface area contributed by atoms with Crippen molar-refractivity contribution in [3.05, 3.63) is 29.8 Å². The van der Waals surface area contributed by atoms with E-state index in [1.165, 1.54) is 12.8 Å². The summed E-state index contributed by atoms with van der Waals surface area (Å²) in [5.41, 5.74) is 1.62. The molecule has 1 heterocycles. The lowest BCUT2D eigenvalue weighted by molar-refractivity contribution is -0.117. The van der Waals surface area contributed by atoms with Gasteiger partial charge in [0.1, 0.15) is 0 Å². The van der Waals surface area contributed by atoms with Crippen molar-refractivity contribution in [1.82, 2.24) is 4.90 Å². The molecule has 3 atom stereocenters. The largest absolute Gasteiger partial charge is 0.453 e. The molecule has 0 radical (unpaired) electrons. The molecule has 5 nitrogen and oxygen atoms in total. The molecule has 1 saturated carbocycles. The number of carbonyl (C=O) groups excluding carboxylic acids is 1. The average molecular weight is 360 g/mol. The van der Waals surface area contributed by atoms with Crippen LogP contribution in [0.3, 0.4) is 0 Å². The highest BCUT2D eigenvalue weighted by Gasteiger charge is 2.50. The van der Waals surface area contributed by atoms with E-state index < -0.39 is 5.60 Å². The fraction of sp³-hybridized carbons (Fsp3) is 0.667. The van der Waals surface area contributed by atoms with Crippen molar-refractivity contribution in [3.8, 4) is 0 Å². The highest BCUT2D eigenvalue weighted by Crippen LogP contribution is 2.49. The number of methoxy groups -OCH3 is 1. The molecule has 1 aliphatic heterocycles. The first-order valence-electron chi connectivity index (χ1n) is 9.96. The monoisotopic (exact) mass is 360 g/mol. The molecule has 0 bridgehead atoms. The summed E-state index contributed by atoms with van der Waals surface area (Å²) in [5.74, 6) is 0.0726. The fourth-order valence-electron chi connectivity index (χ4n) is 4.89. The number of piperidine rings is 1. The van der Waals surface area contributed by atoms with Gasteiger partial charge in [-0.25, -0.2) is 4.79 Å². The molecule has 1 saturated heterocycles. The van der Waals surface area contributed by atoms with Gasteiger partial charge in [0.15, 0.2) is 0 Å². The van der Waals surface area contributed by atoms with E-state index >= 15 is 0 Å². The van der Waals surface area contributed by atoms with Crippen LogP contribution in [-0.2, 0) is 4.74 Å². The van der Waals surface area contributed by atoms with Gasteiger partial charge >= 0.3 is 6.09 Å². The quantitative estimate of drug-likeness (QED) is 0.883. The maximum absolute atomic E-state index is 12.4. The summed E-state index contributed by atoms with van der Waals surface area (Å²) in [6.07, 6.45) is 4.30. The van der Waals surface area contributed by atoms with Crippen LogP contribution in [0.25, 0.3) is 0 Å². The summed E-state index contributed by atoms with van der Waals surface area (Å²) >= 11 is 0. The predicted octanol–water partition coefficient (Wildman–Crippen LogP) is 3.97. The van der Waals surface area contributed by atoms with E-state index in [1.54, 1.807) is 0 Å². The smallest absolute Gasteiger partial charge is 0.410 e. The van der Waals surface area contributed by atoms with E-state index in [9.17, 15) is 9.90 Å². The van der Waals surface area contributed by atoms with Crippen molar-refractivity contribution < 1.29 is 14.6 Å². The topological polar surface area (TPSA) is 53.0 Å². The van der Waals surface area contributed by atoms with Crippen LogP contribution < -0.4 is 4.90 Å². The minimum Gasteiger partial charge on any atom is -0.453 e. The number of anilines is 1. The molecule has 144 valence electrons. The van der Waals surface area contributed by atoms with Gasteiger partial charge in [0, 0.05) is 31.2 Å². The van der Waals surface area contributed by atoms with E-state index in [-0.39, 0.29) is 18.1 Å². The summed E-state index contributed by atoms with van der Waals surface area (Å²) < 4.78 is 5.05. The van der Waals surface area contributed by atoms with E-state index in [0.717, 1.165) is 44.3 Å². The lowest BCUT2D eigenvalue weighted by Gasteiger charge is -2.52. The van der Waals surface area contributed by atoms with E-state index in [2.05, 4.69) is 43.0 Å². The Morgan fingerprint density at radius 1 is 1.23 bits per heavy atom. The Labute approximate surface area is 156 Å². The minimum absolute atomic E-state index is 0.0726. The van der Waals surface area contributed by atoms with Crippen molar-refractivity contribution in [2.24, 2.45) is 5.92 Å². The van der Waals surface area contributed by atoms with Gasteiger partial charge in [0.05, 0.1) is 18.8 Å². The van der Waals surface area contributed by atoms with Gasteiger partial charge in [0.2, 0.25) is 0 Å². The molecule has 1 aliphatic carbocycles. The second kappa shape index (κ2) is 7.87. The van der Waals surface area contributed by atoms with Crippen LogP contribution in [0.2, 0.25) is 0 Å². The molecule has 1 aromatic carbocycles. The Morgan fingerprint density at radius 2 is 1.92 bits per heavy atom. The molecule has 1 N–H and O–H groups in total. The van der Waals surface area contributed by atoms with Crippen molar-refractivity contribution >= 4 is 11.8 Å². The Morgan fingerprint density at radius 3 is 2.54 bits per heavy atom. The van der Waals surface area contributed by atoms with Crippen LogP contribution >= 0.6 is 0 Å². The van der Waals surface area contributed by atoms with Crippen LogP contribution in [0.15, 0.2) is 24.3 Å². The summed E-state index contributed by atoms with van der Waals surface area (Å²) in [5, 5.41) is 11.2. The van der Waals surface area contributed by atoms with Crippen molar-refractivity contribution in [3.63, 3.8) is 0 Å². The number of nitrogens with zero attached hydrogens (tertiary/aromatic N) is 2. The van der Waals surface area contributed by atoms with Gasteiger partial charge in [0.25, 0.3) is 0 Å². The molecule has 2 aliphatic rings. The molecule has 5 heteroatoms. The van der Waals surface area contributed by atoms with Gasteiger partial charge < -0.3 is 19.6 Å². The summed E-state index contributed by atoms with van der Waals surface area (Å²) in [6.45, 7) is 6.79. The number of hydrogen-bond acceptors (Lipinski definition) is 4. The summed E-state index contributed by atoms with van der Waals surface area (Å²) in [4.78, 5) is 16.5. The predicted molar refractivity (Wildman–Crippen MR) is 103 cm³/mol. The average Bonchev–Trinajstić information content (AvgIpc) is 2.67. The molecular weight excluding hydrogens is 328 g/mol. The Hall–Kier alpha value is -1.75.